The Morgan fingerprint density at radius 2 is 2.08 bits per heavy atom. The zero-order valence-corrected chi connectivity index (χ0v) is 14.5. The molecule has 0 spiro atoms. The van der Waals surface area contributed by atoms with Crippen LogP contribution in [0.25, 0.3) is 0 Å². The summed E-state index contributed by atoms with van der Waals surface area (Å²) < 4.78 is 0. The van der Waals surface area contributed by atoms with Crippen LogP contribution >= 0.6 is 11.3 Å². The maximum absolute atomic E-state index is 12.8. The van der Waals surface area contributed by atoms with Gasteiger partial charge in [0.1, 0.15) is 11.4 Å². The number of rotatable bonds is 4. The third-order valence-corrected chi connectivity index (χ3v) is 5.59. The number of aryl methyl sites for hydroxylation is 2. The first kappa shape index (κ1) is 16.6. The van der Waals surface area contributed by atoms with Gasteiger partial charge in [0.15, 0.2) is 0 Å². The van der Waals surface area contributed by atoms with Crippen LogP contribution < -0.4 is 0 Å². The molecule has 0 fully saturated rings. The molecule has 24 heavy (non-hydrogen) atoms. The molecule has 2 aromatic rings. The van der Waals surface area contributed by atoms with E-state index in [1.54, 1.807) is 35.4 Å². The molecule has 1 aliphatic rings. The summed E-state index contributed by atoms with van der Waals surface area (Å²) in [5.74, 6) is -1.40. The summed E-state index contributed by atoms with van der Waals surface area (Å²) >= 11 is 1.67. The lowest BCUT2D eigenvalue weighted by molar-refractivity contribution is 0.0688. The Morgan fingerprint density at radius 1 is 1.33 bits per heavy atom. The van der Waals surface area contributed by atoms with Crippen molar-refractivity contribution in [1.82, 2.24) is 14.9 Å². The molecular weight excluding hydrogens is 326 g/mol. The fourth-order valence-corrected chi connectivity index (χ4v) is 4.20. The average molecular weight is 345 g/mol. The topological polar surface area (TPSA) is 83.4 Å². The number of fused-ring (bicyclic) bond motifs is 1. The van der Waals surface area contributed by atoms with Crippen molar-refractivity contribution in [1.29, 1.82) is 0 Å². The number of carboxylic acids is 1. The monoisotopic (exact) mass is 345 g/mol. The molecule has 1 amide bonds. The molecule has 0 bridgehead atoms. The number of aromatic nitrogens is 2. The van der Waals surface area contributed by atoms with Gasteiger partial charge in [0.25, 0.3) is 5.91 Å². The van der Waals surface area contributed by atoms with Crippen LogP contribution in [0.3, 0.4) is 0 Å². The van der Waals surface area contributed by atoms with Gasteiger partial charge in [-0.2, -0.15) is 0 Å². The van der Waals surface area contributed by atoms with Crippen LogP contribution in [-0.4, -0.2) is 38.9 Å². The normalized spacial score (nSPS) is 16.5. The maximum atomic E-state index is 12.8. The highest BCUT2D eigenvalue weighted by atomic mass is 32.1. The van der Waals surface area contributed by atoms with Crippen molar-refractivity contribution in [2.24, 2.45) is 0 Å². The molecule has 0 saturated carbocycles. The van der Waals surface area contributed by atoms with Crippen molar-refractivity contribution >= 4 is 23.2 Å². The van der Waals surface area contributed by atoms with E-state index in [1.165, 1.54) is 6.07 Å². The number of carboxylic acid groups (broad SMARTS) is 1. The maximum Gasteiger partial charge on any atom is 0.354 e. The number of nitrogens with zero attached hydrogens (tertiary/aromatic N) is 3. The molecule has 1 atom stereocenters. The van der Waals surface area contributed by atoms with Crippen LogP contribution in [0.15, 0.2) is 18.2 Å². The van der Waals surface area contributed by atoms with Gasteiger partial charge in [-0.3, -0.25) is 4.79 Å². The number of carbonyl (C=O) groups is 2. The predicted octanol–water partition coefficient (Wildman–Crippen LogP) is 2.95. The van der Waals surface area contributed by atoms with E-state index in [9.17, 15) is 9.59 Å². The van der Waals surface area contributed by atoms with Crippen LogP contribution in [0.2, 0.25) is 0 Å². The van der Waals surface area contributed by atoms with Gasteiger partial charge in [-0.15, -0.1) is 11.3 Å². The average Bonchev–Trinajstić information content (AvgIpc) is 3.03. The Morgan fingerprint density at radius 3 is 2.79 bits per heavy atom. The lowest BCUT2D eigenvalue weighted by Gasteiger charge is -2.30. The van der Waals surface area contributed by atoms with Crippen molar-refractivity contribution in [3.8, 4) is 0 Å². The molecular formula is C17H19N3O3S. The van der Waals surface area contributed by atoms with Crippen LogP contribution in [0.1, 0.15) is 62.4 Å². The number of aromatic carboxylic acids is 1. The number of hydrogen-bond donors (Lipinski definition) is 1. The molecule has 1 unspecified atom stereocenters. The van der Waals surface area contributed by atoms with E-state index in [-0.39, 0.29) is 23.3 Å². The fraction of sp³-hybridized carbons (Fsp3) is 0.412. The van der Waals surface area contributed by atoms with Crippen LogP contribution in [0.5, 0.6) is 0 Å². The number of hydrogen-bond acceptors (Lipinski definition) is 5. The highest BCUT2D eigenvalue weighted by Gasteiger charge is 2.30. The van der Waals surface area contributed by atoms with Gasteiger partial charge >= 0.3 is 5.97 Å². The first-order chi connectivity index (χ1) is 11.5. The largest absolute Gasteiger partial charge is 0.477 e. The number of amides is 1. The van der Waals surface area contributed by atoms with Gasteiger partial charge < -0.3 is 10.0 Å². The van der Waals surface area contributed by atoms with Gasteiger partial charge in [0, 0.05) is 7.05 Å². The van der Waals surface area contributed by atoms with Gasteiger partial charge in [-0.05, 0) is 37.8 Å². The molecule has 2 aromatic heterocycles. The molecule has 0 radical (unpaired) electrons. The first-order valence-corrected chi connectivity index (χ1v) is 8.79. The van der Waals surface area contributed by atoms with E-state index >= 15 is 0 Å². The number of carbonyl (C=O) groups excluding carboxylic acids is 1. The number of pyridine rings is 1. The summed E-state index contributed by atoms with van der Waals surface area (Å²) in [5.41, 5.74) is 1.13. The van der Waals surface area contributed by atoms with Gasteiger partial charge in [0.05, 0.1) is 21.6 Å². The van der Waals surface area contributed by atoms with E-state index in [0.717, 1.165) is 41.3 Å². The zero-order chi connectivity index (χ0) is 17.3. The van der Waals surface area contributed by atoms with Crippen molar-refractivity contribution in [2.45, 2.75) is 38.6 Å². The Balaban J connectivity index is 1.88. The minimum absolute atomic E-state index is 0.0191. The highest BCUT2D eigenvalue weighted by Crippen LogP contribution is 2.38. The second kappa shape index (κ2) is 6.68. The predicted molar refractivity (Wildman–Crippen MR) is 90.5 cm³/mol. The smallest absolute Gasteiger partial charge is 0.354 e. The standard InChI is InChI=1S/C17H19N3O3S/c1-3-14-19-10-6-5-9-13(15(10)24-14)20(2)16(21)11-7-4-8-12(18-11)17(22)23/h4,7-8,13H,3,5-6,9H2,1-2H3,(H,22,23). The molecule has 0 saturated heterocycles. The van der Waals surface area contributed by atoms with Gasteiger partial charge in [-0.25, -0.2) is 14.8 Å². The van der Waals surface area contributed by atoms with E-state index in [1.807, 2.05) is 0 Å². The molecule has 3 rings (SSSR count). The molecule has 7 heteroatoms. The molecule has 0 aliphatic heterocycles. The Labute approximate surface area is 144 Å². The second-order valence-electron chi connectivity index (χ2n) is 5.81. The zero-order valence-electron chi connectivity index (χ0n) is 13.7. The van der Waals surface area contributed by atoms with Gasteiger partial charge in [0.2, 0.25) is 0 Å². The minimum Gasteiger partial charge on any atom is -0.477 e. The van der Waals surface area contributed by atoms with Crippen molar-refractivity contribution < 1.29 is 14.7 Å². The molecule has 2 heterocycles. The lowest BCUT2D eigenvalue weighted by atomic mass is 9.97. The minimum atomic E-state index is -1.14. The summed E-state index contributed by atoms with van der Waals surface area (Å²) in [7, 11) is 1.75. The summed E-state index contributed by atoms with van der Waals surface area (Å²) in [6.45, 7) is 2.08. The Bertz CT molecular complexity index is 787. The van der Waals surface area contributed by atoms with E-state index in [2.05, 4.69) is 16.9 Å². The molecule has 1 N–H and O–H groups in total. The Kier molecular flexibility index (Phi) is 4.62. The van der Waals surface area contributed by atoms with E-state index < -0.39 is 5.97 Å². The SMILES string of the molecule is CCc1nc2c(s1)C(N(C)C(=O)c1cccc(C(=O)O)n1)CCC2. The quantitative estimate of drug-likeness (QED) is 0.921. The van der Waals surface area contributed by atoms with Crippen LogP contribution in [0.4, 0.5) is 0 Å². The van der Waals surface area contributed by atoms with Gasteiger partial charge in [-0.1, -0.05) is 13.0 Å². The molecule has 1 aliphatic carbocycles. The highest BCUT2D eigenvalue weighted by molar-refractivity contribution is 7.11. The van der Waals surface area contributed by atoms with Crippen molar-refractivity contribution in [2.75, 3.05) is 7.05 Å². The second-order valence-corrected chi connectivity index (χ2v) is 6.92. The third kappa shape index (κ3) is 3.03. The number of thiazole rings is 1. The van der Waals surface area contributed by atoms with Crippen molar-refractivity contribution in [3.05, 3.63) is 45.2 Å². The van der Waals surface area contributed by atoms with Crippen LogP contribution in [0, 0.1) is 0 Å². The van der Waals surface area contributed by atoms with E-state index in [0.29, 0.717) is 0 Å². The summed E-state index contributed by atoms with van der Waals surface area (Å²) in [4.78, 5) is 35.3. The molecule has 126 valence electrons. The summed E-state index contributed by atoms with van der Waals surface area (Å²) in [6.07, 6.45) is 3.73. The van der Waals surface area contributed by atoms with E-state index in [4.69, 9.17) is 5.11 Å². The summed E-state index contributed by atoms with van der Waals surface area (Å²) in [5, 5.41) is 10.1. The Hall–Kier alpha value is -2.28. The van der Waals surface area contributed by atoms with Crippen molar-refractivity contribution in [3.63, 3.8) is 0 Å². The first-order valence-electron chi connectivity index (χ1n) is 7.97. The molecule has 0 aromatic carbocycles. The third-order valence-electron chi connectivity index (χ3n) is 4.24. The molecule has 6 nitrogen and oxygen atoms in total. The fourth-order valence-electron chi connectivity index (χ4n) is 2.96. The lowest BCUT2D eigenvalue weighted by Crippen LogP contribution is -2.33. The summed E-state index contributed by atoms with van der Waals surface area (Å²) in [6, 6.07) is 4.47. The van der Waals surface area contributed by atoms with Crippen LogP contribution in [-0.2, 0) is 12.8 Å².